The van der Waals surface area contributed by atoms with Crippen LogP contribution in [0.3, 0.4) is 0 Å². The van der Waals surface area contributed by atoms with Gasteiger partial charge in [0.1, 0.15) is 6.54 Å². The van der Waals surface area contributed by atoms with Gasteiger partial charge >= 0.3 is 5.97 Å². The summed E-state index contributed by atoms with van der Waals surface area (Å²) in [7, 11) is 0. The minimum Gasteiger partial charge on any atom is -0.480 e. The fraction of sp³-hybridized carbons (Fsp3) is 0.350. The molecule has 3 rings (SSSR count). The normalized spacial score (nSPS) is 16.1. The van der Waals surface area contributed by atoms with Crippen LogP contribution in [0.5, 0.6) is 0 Å². The summed E-state index contributed by atoms with van der Waals surface area (Å²) in [6, 6.07) is 12.5. The van der Waals surface area contributed by atoms with Crippen LogP contribution in [-0.2, 0) is 16.1 Å². The highest BCUT2D eigenvalue weighted by Crippen LogP contribution is 2.18. The summed E-state index contributed by atoms with van der Waals surface area (Å²) < 4.78 is 5.70. The first-order chi connectivity index (χ1) is 13.1. The van der Waals surface area contributed by atoms with Crippen molar-refractivity contribution in [3.05, 3.63) is 59.9 Å². The Bertz CT molecular complexity index is 776. The van der Waals surface area contributed by atoms with Crippen LogP contribution < -0.4 is 5.32 Å². The average molecular weight is 369 g/mol. The first-order valence-corrected chi connectivity index (χ1v) is 8.98. The Hall–Kier alpha value is -2.93. The molecule has 7 heteroatoms. The van der Waals surface area contributed by atoms with E-state index in [1.54, 1.807) is 35.4 Å². The number of carbonyl (C=O) groups is 2. The van der Waals surface area contributed by atoms with Crippen LogP contribution in [0.15, 0.2) is 48.7 Å². The van der Waals surface area contributed by atoms with E-state index in [4.69, 9.17) is 9.84 Å². The molecule has 1 aromatic heterocycles. The molecule has 1 unspecified atom stereocenters. The molecule has 7 nitrogen and oxygen atoms in total. The van der Waals surface area contributed by atoms with Gasteiger partial charge in [0.2, 0.25) is 0 Å². The number of nitrogens with one attached hydrogen (secondary N) is 1. The number of nitrogens with zero attached hydrogens (tertiary/aromatic N) is 2. The fourth-order valence-electron chi connectivity index (χ4n) is 3.06. The Morgan fingerprint density at radius 3 is 2.85 bits per heavy atom. The SMILES string of the molecule is O=C(O)CNc1cccc(C(=O)N(Cc2ccccn2)CC2CCCO2)c1. The molecule has 1 atom stereocenters. The predicted molar refractivity (Wildman–Crippen MR) is 101 cm³/mol. The number of carbonyl (C=O) groups excluding carboxylic acids is 1. The van der Waals surface area contributed by atoms with Crippen LogP contribution in [0.2, 0.25) is 0 Å². The third kappa shape index (κ3) is 5.52. The molecule has 1 saturated heterocycles. The minimum absolute atomic E-state index is 0.0333. The number of carboxylic acids is 1. The Kier molecular flexibility index (Phi) is 6.38. The molecular formula is C20H23N3O4. The topological polar surface area (TPSA) is 91.8 Å². The summed E-state index contributed by atoms with van der Waals surface area (Å²) in [4.78, 5) is 29.9. The predicted octanol–water partition coefficient (Wildman–Crippen LogP) is 2.40. The van der Waals surface area contributed by atoms with Gasteiger partial charge in [0.25, 0.3) is 5.91 Å². The number of pyridine rings is 1. The molecule has 0 aliphatic carbocycles. The number of benzene rings is 1. The molecular weight excluding hydrogens is 346 g/mol. The summed E-state index contributed by atoms with van der Waals surface area (Å²) >= 11 is 0. The van der Waals surface area contributed by atoms with Crippen LogP contribution >= 0.6 is 0 Å². The number of hydrogen-bond acceptors (Lipinski definition) is 5. The lowest BCUT2D eigenvalue weighted by molar-refractivity contribution is -0.134. The Morgan fingerprint density at radius 1 is 1.26 bits per heavy atom. The molecule has 2 heterocycles. The maximum Gasteiger partial charge on any atom is 0.322 e. The molecule has 27 heavy (non-hydrogen) atoms. The maximum atomic E-state index is 13.1. The van der Waals surface area contributed by atoms with E-state index in [1.807, 2.05) is 18.2 Å². The number of amides is 1. The van der Waals surface area contributed by atoms with Crippen LogP contribution in [0.1, 0.15) is 28.9 Å². The summed E-state index contributed by atoms with van der Waals surface area (Å²) in [5, 5.41) is 11.6. The number of anilines is 1. The van der Waals surface area contributed by atoms with Crippen molar-refractivity contribution in [2.75, 3.05) is 25.0 Å². The Balaban J connectivity index is 1.76. The van der Waals surface area contributed by atoms with Crippen molar-refractivity contribution >= 4 is 17.6 Å². The minimum atomic E-state index is -0.957. The van der Waals surface area contributed by atoms with E-state index < -0.39 is 5.97 Å². The molecule has 2 N–H and O–H groups in total. The van der Waals surface area contributed by atoms with Gasteiger partial charge < -0.3 is 20.1 Å². The molecule has 1 aromatic carbocycles. The molecule has 2 aromatic rings. The van der Waals surface area contributed by atoms with Crippen LogP contribution in [0.25, 0.3) is 0 Å². The lowest BCUT2D eigenvalue weighted by atomic mass is 10.1. The van der Waals surface area contributed by atoms with E-state index in [2.05, 4.69) is 10.3 Å². The van der Waals surface area contributed by atoms with E-state index in [0.29, 0.717) is 24.3 Å². The smallest absolute Gasteiger partial charge is 0.322 e. The van der Waals surface area contributed by atoms with Gasteiger partial charge in [0, 0.05) is 30.6 Å². The lowest BCUT2D eigenvalue weighted by Crippen LogP contribution is -2.37. The zero-order valence-corrected chi connectivity index (χ0v) is 15.0. The molecule has 0 spiro atoms. The van der Waals surface area contributed by atoms with E-state index in [0.717, 1.165) is 25.1 Å². The highest BCUT2D eigenvalue weighted by atomic mass is 16.5. The molecule has 1 aliphatic heterocycles. The zero-order chi connectivity index (χ0) is 19.1. The van der Waals surface area contributed by atoms with E-state index in [9.17, 15) is 9.59 Å². The van der Waals surface area contributed by atoms with E-state index in [-0.39, 0.29) is 18.6 Å². The highest BCUT2D eigenvalue weighted by molar-refractivity contribution is 5.95. The third-order valence-corrected chi connectivity index (χ3v) is 4.37. The maximum absolute atomic E-state index is 13.1. The van der Waals surface area contributed by atoms with Crippen molar-refractivity contribution in [2.24, 2.45) is 0 Å². The number of aromatic nitrogens is 1. The van der Waals surface area contributed by atoms with Crippen molar-refractivity contribution in [1.82, 2.24) is 9.88 Å². The molecule has 1 fully saturated rings. The van der Waals surface area contributed by atoms with E-state index in [1.165, 1.54) is 0 Å². The van der Waals surface area contributed by atoms with Gasteiger partial charge in [0.15, 0.2) is 0 Å². The Morgan fingerprint density at radius 2 is 2.15 bits per heavy atom. The van der Waals surface area contributed by atoms with Crippen molar-refractivity contribution in [1.29, 1.82) is 0 Å². The second-order valence-corrected chi connectivity index (χ2v) is 6.47. The monoisotopic (exact) mass is 369 g/mol. The number of ether oxygens (including phenoxy) is 1. The van der Waals surface area contributed by atoms with Crippen molar-refractivity contribution in [3.63, 3.8) is 0 Å². The fourth-order valence-corrected chi connectivity index (χ4v) is 3.06. The average Bonchev–Trinajstić information content (AvgIpc) is 3.19. The molecule has 0 bridgehead atoms. The molecule has 1 amide bonds. The van der Waals surface area contributed by atoms with E-state index >= 15 is 0 Å². The molecule has 1 aliphatic rings. The van der Waals surface area contributed by atoms with Crippen molar-refractivity contribution in [2.45, 2.75) is 25.5 Å². The molecule has 0 saturated carbocycles. The summed E-state index contributed by atoms with van der Waals surface area (Å²) in [5.41, 5.74) is 1.90. The largest absolute Gasteiger partial charge is 0.480 e. The van der Waals surface area contributed by atoms with Crippen molar-refractivity contribution in [3.8, 4) is 0 Å². The third-order valence-electron chi connectivity index (χ3n) is 4.37. The Labute approximate surface area is 158 Å². The summed E-state index contributed by atoms with van der Waals surface area (Å²) in [6.07, 6.45) is 3.68. The molecule has 0 radical (unpaired) electrons. The van der Waals surface area contributed by atoms with Crippen molar-refractivity contribution < 1.29 is 19.4 Å². The number of hydrogen-bond donors (Lipinski definition) is 2. The second kappa shape index (κ2) is 9.14. The van der Waals surface area contributed by atoms with Gasteiger partial charge in [-0.1, -0.05) is 12.1 Å². The number of aliphatic carboxylic acids is 1. The van der Waals surface area contributed by atoms with Gasteiger partial charge in [-0.3, -0.25) is 14.6 Å². The molecule has 142 valence electrons. The summed E-state index contributed by atoms with van der Waals surface area (Å²) in [6.45, 7) is 1.42. The highest BCUT2D eigenvalue weighted by Gasteiger charge is 2.24. The number of rotatable bonds is 8. The first-order valence-electron chi connectivity index (χ1n) is 8.98. The zero-order valence-electron chi connectivity index (χ0n) is 15.0. The summed E-state index contributed by atoms with van der Waals surface area (Å²) in [5.74, 6) is -1.09. The van der Waals surface area contributed by atoms with Gasteiger partial charge in [-0.15, -0.1) is 0 Å². The quantitative estimate of drug-likeness (QED) is 0.742. The first kappa shape index (κ1) is 18.8. The van der Waals surface area contributed by atoms with Gasteiger partial charge in [-0.25, -0.2) is 0 Å². The second-order valence-electron chi connectivity index (χ2n) is 6.47. The van der Waals surface area contributed by atoms with Crippen LogP contribution in [0.4, 0.5) is 5.69 Å². The lowest BCUT2D eigenvalue weighted by Gasteiger charge is -2.25. The number of carboxylic acid groups (broad SMARTS) is 1. The standard InChI is InChI=1S/C20H23N3O4/c24-19(25)12-22-16-7-3-5-15(11-16)20(26)23(14-18-8-4-10-27-18)13-17-6-1-2-9-21-17/h1-3,5-7,9,11,18,22H,4,8,10,12-14H2,(H,24,25). The van der Waals surface area contributed by atoms with Gasteiger partial charge in [-0.05, 0) is 43.2 Å². The van der Waals surface area contributed by atoms with Gasteiger partial charge in [-0.2, -0.15) is 0 Å². The van der Waals surface area contributed by atoms with Gasteiger partial charge in [0.05, 0.1) is 18.3 Å². The van der Waals surface area contributed by atoms with Crippen LogP contribution in [0, 0.1) is 0 Å². The van der Waals surface area contributed by atoms with Crippen LogP contribution in [-0.4, -0.2) is 52.7 Å².